The van der Waals surface area contributed by atoms with E-state index in [2.05, 4.69) is 4.98 Å². The molecule has 1 saturated heterocycles. The minimum Gasteiger partial charge on any atom is -0.476 e. The van der Waals surface area contributed by atoms with Crippen LogP contribution in [0.3, 0.4) is 0 Å². The van der Waals surface area contributed by atoms with Crippen molar-refractivity contribution in [1.82, 2.24) is 9.29 Å². The average Bonchev–Trinajstić information content (AvgIpc) is 2.89. The minimum absolute atomic E-state index is 0.0273. The summed E-state index contributed by atoms with van der Waals surface area (Å²) in [4.78, 5) is 14.6. The maximum atomic E-state index is 12.5. The summed E-state index contributed by atoms with van der Waals surface area (Å²) in [6.07, 6.45) is 2.15. The van der Waals surface area contributed by atoms with Crippen LogP contribution in [0, 0.1) is 5.92 Å². The Hall–Kier alpha value is -1.03. The first kappa shape index (κ1) is 15.4. The summed E-state index contributed by atoms with van der Waals surface area (Å²) in [5.41, 5.74) is 0.810. The molecule has 20 heavy (non-hydrogen) atoms. The molecule has 2 N–H and O–H groups in total. The summed E-state index contributed by atoms with van der Waals surface area (Å²) < 4.78 is 26.1. The third kappa shape index (κ3) is 3.00. The molecule has 0 spiro atoms. The van der Waals surface area contributed by atoms with Gasteiger partial charge in [0.2, 0.25) is 0 Å². The molecule has 0 aliphatic carbocycles. The van der Waals surface area contributed by atoms with Crippen molar-refractivity contribution in [3.63, 3.8) is 0 Å². The van der Waals surface area contributed by atoms with E-state index in [1.807, 2.05) is 0 Å². The van der Waals surface area contributed by atoms with E-state index in [-0.39, 0.29) is 16.7 Å². The monoisotopic (exact) mass is 320 g/mol. The number of carboxylic acid groups (broad SMARTS) is 1. The lowest BCUT2D eigenvalue weighted by Crippen LogP contribution is -2.40. The topological polar surface area (TPSA) is 108 Å². The number of carboxylic acids is 1. The van der Waals surface area contributed by atoms with Crippen LogP contribution >= 0.6 is 11.3 Å². The average molecular weight is 320 g/mol. The second-order valence-electron chi connectivity index (χ2n) is 4.68. The lowest BCUT2D eigenvalue weighted by Gasteiger charge is -2.31. The van der Waals surface area contributed by atoms with Gasteiger partial charge in [0.1, 0.15) is 0 Å². The highest BCUT2D eigenvalue weighted by Gasteiger charge is 2.34. The fourth-order valence-corrected chi connectivity index (χ4v) is 5.17. The zero-order valence-electron chi connectivity index (χ0n) is 10.7. The first-order chi connectivity index (χ1) is 9.46. The van der Waals surface area contributed by atoms with Crippen molar-refractivity contribution in [3.05, 3.63) is 11.2 Å². The van der Waals surface area contributed by atoms with E-state index in [0.717, 1.165) is 17.8 Å². The summed E-state index contributed by atoms with van der Waals surface area (Å²) >= 11 is 0.822. The molecule has 1 aromatic heterocycles. The van der Waals surface area contributed by atoms with Gasteiger partial charge in [-0.15, -0.1) is 11.3 Å². The van der Waals surface area contributed by atoms with Gasteiger partial charge in [-0.2, -0.15) is 4.31 Å². The van der Waals surface area contributed by atoms with Crippen LogP contribution in [0.15, 0.2) is 9.72 Å². The zero-order valence-corrected chi connectivity index (χ0v) is 12.4. The maximum absolute atomic E-state index is 12.5. The Labute approximate surface area is 120 Å². The molecule has 1 unspecified atom stereocenters. The number of aliphatic hydroxyl groups is 1. The van der Waals surface area contributed by atoms with Gasteiger partial charge in [-0.25, -0.2) is 18.2 Å². The molecule has 0 aromatic carbocycles. The van der Waals surface area contributed by atoms with E-state index < -0.39 is 21.7 Å². The smallest absolute Gasteiger partial charge is 0.356 e. The number of aromatic carboxylic acids is 1. The molecule has 2 heterocycles. The van der Waals surface area contributed by atoms with Crippen molar-refractivity contribution in [2.24, 2.45) is 5.92 Å². The van der Waals surface area contributed by atoms with Gasteiger partial charge in [-0.05, 0) is 25.2 Å². The second-order valence-corrected chi connectivity index (χ2v) is 7.67. The molecular formula is C11H16N2O5S2. The molecule has 1 aromatic rings. The molecule has 112 valence electrons. The van der Waals surface area contributed by atoms with E-state index in [4.69, 9.17) is 10.2 Å². The highest BCUT2D eigenvalue weighted by molar-refractivity contribution is 7.91. The number of aliphatic hydroxyl groups excluding tert-OH is 1. The van der Waals surface area contributed by atoms with E-state index >= 15 is 0 Å². The Bertz CT molecular complexity index is 581. The number of aromatic nitrogens is 1. The molecule has 1 fully saturated rings. The Morgan fingerprint density at radius 2 is 2.30 bits per heavy atom. The van der Waals surface area contributed by atoms with Crippen LogP contribution < -0.4 is 0 Å². The highest BCUT2D eigenvalue weighted by Crippen LogP contribution is 2.29. The van der Waals surface area contributed by atoms with Crippen molar-refractivity contribution < 1.29 is 23.4 Å². The molecule has 1 aliphatic heterocycles. The van der Waals surface area contributed by atoms with Crippen molar-refractivity contribution in [3.8, 4) is 0 Å². The summed E-state index contributed by atoms with van der Waals surface area (Å²) in [7, 11) is -3.82. The predicted molar refractivity (Wildman–Crippen MR) is 72.3 cm³/mol. The predicted octanol–water partition coefficient (Wildman–Crippen LogP) is 0.624. The fraction of sp³-hybridized carbons (Fsp3) is 0.636. The number of hydrogen-bond donors (Lipinski definition) is 2. The van der Waals surface area contributed by atoms with Crippen LogP contribution in [0.1, 0.15) is 29.8 Å². The first-order valence-electron chi connectivity index (χ1n) is 6.24. The van der Waals surface area contributed by atoms with Crippen molar-refractivity contribution in [2.75, 3.05) is 19.7 Å². The second kappa shape index (κ2) is 6.17. The fourth-order valence-electron chi connectivity index (χ4n) is 2.34. The van der Waals surface area contributed by atoms with E-state index in [1.165, 1.54) is 9.82 Å². The van der Waals surface area contributed by atoms with E-state index in [1.54, 1.807) is 0 Å². The normalized spacial score (nSPS) is 20.9. The van der Waals surface area contributed by atoms with Gasteiger partial charge < -0.3 is 10.2 Å². The van der Waals surface area contributed by atoms with Gasteiger partial charge in [-0.1, -0.05) is 0 Å². The molecule has 0 amide bonds. The van der Waals surface area contributed by atoms with Crippen molar-refractivity contribution >= 4 is 27.3 Å². The number of carbonyl (C=O) groups is 1. The van der Waals surface area contributed by atoms with Gasteiger partial charge in [0.05, 0.1) is 5.51 Å². The quantitative estimate of drug-likeness (QED) is 0.823. The number of thiazole rings is 1. The van der Waals surface area contributed by atoms with Crippen LogP contribution in [0.25, 0.3) is 0 Å². The lowest BCUT2D eigenvalue weighted by molar-refractivity contribution is 0.0687. The van der Waals surface area contributed by atoms with Crippen LogP contribution in [-0.4, -0.2) is 53.6 Å². The number of nitrogens with zero attached hydrogens (tertiary/aromatic N) is 2. The SMILES string of the molecule is O=C(O)c1ncsc1S(=O)(=O)N1CCCC(CCO)C1. The number of piperidine rings is 1. The Kier molecular flexibility index (Phi) is 4.74. The van der Waals surface area contributed by atoms with Gasteiger partial charge in [-0.3, -0.25) is 0 Å². The third-order valence-corrected chi connectivity index (χ3v) is 6.54. The molecule has 1 atom stereocenters. The van der Waals surface area contributed by atoms with Gasteiger partial charge in [0, 0.05) is 19.7 Å². The van der Waals surface area contributed by atoms with Gasteiger partial charge >= 0.3 is 5.97 Å². The summed E-state index contributed by atoms with van der Waals surface area (Å²) in [5.74, 6) is -1.22. The lowest BCUT2D eigenvalue weighted by atomic mass is 9.97. The largest absolute Gasteiger partial charge is 0.476 e. The molecule has 2 rings (SSSR count). The highest BCUT2D eigenvalue weighted by atomic mass is 32.2. The standard InChI is InChI=1S/C11H16N2O5S2/c14-5-3-8-2-1-4-13(6-8)20(17,18)11-9(10(15)16)12-7-19-11/h7-8,14H,1-6H2,(H,15,16). The molecule has 7 nitrogen and oxygen atoms in total. The zero-order chi connectivity index (χ0) is 14.8. The summed E-state index contributed by atoms with van der Waals surface area (Å²) in [5, 5.41) is 17.9. The Morgan fingerprint density at radius 1 is 1.55 bits per heavy atom. The third-order valence-electron chi connectivity index (χ3n) is 3.33. The van der Waals surface area contributed by atoms with Crippen LogP contribution in [0.4, 0.5) is 0 Å². The molecular weight excluding hydrogens is 304 g/mol. The number of sulfonamides is 1. The van der Waals surface area contributed by atoms with Gasteiger partial charge in [0.15, 0.2) is 9.90 Å². The Balaban J connectivity index is 2.25. The first-order valence-corrected chi connectivity index (χ1v) is 8.56. The molecule has 0 radical (unpaired) electrons. The number of rotatable bonds is 5. The van der Waals surface area contributed by atoms with Crippen LogP contribution in [0.2, 0.25) is 0 Å². The molecule has 9 heteroatoms. The summed E-state index contributed by atoms with van der Waals surface area (Å²) in [6, 6.07) is 0. The molecule has 1 aliphatic rings. The maximum Gasteiger partial charge on any atom is 0.356 e. The van der Waals surface area contributed by atoms with Crippen LogP contribution in [0.5, 0.6) is 0 Å². The summed E-state index contributed by atoms with van der Waals surface area (Å²) in [6.45, 7) is 0.723. The Morgan fingerprint density at radius 3 is 2.95 bits per heavy atom. The van der Waals surface area contributed by atoms with E-state index in [0.29, 0.717) is 25.9 Å². The van der Waals surface area contributed by atoms with E-state index in [9.17, 15) is 13.2 Å². The number of hydrogen-bond acceptors (Lipinski definition) is 6. The van der Waals surface area contributed by atoms with Crippen LogP contribution in [-0.2, 0) is 10.0 Å². The molecule has 0 bridgehead atoms. The molecule has 0 saturated carbocycles. The minimum atomic E-state index is -3.82. The van der Waals surface area contributed by atoms with Crippen molar-refractivity contribution in [1.29, 1.82) is 0 Å². The van der Waals surface area contributed by atoms with Crippen molar-refractivity contribution in [2.45, 2.75) is 23.5 Å². The van der Waals surface area contributed by atoms with Gasteiger partial charge in [0.25, 0.3) is 10.0 Å².